The van der Waals surface area contributed by atoms with Gasteiger partial charge in [0.15, 0.2) is 0 Å². The van der Waals surface area contributed by atoms with Crippen molar-refractivity contribution < 1.29 is 17.9 Å². The van der Waals surface area contributed by atoms with Crippen molar-refractivity contribution in [2.75, 3.05) is 25.5 Å². The van der Waals surface area contributed by atoms with Crippen molar-refractivity contribution in [1.82, 2.24) is 4.31 Å². The summed E-state index contributed by atoms with van der Waals surface area (Å²) in [6.07, 6.45) is 1.24. The van der Waals surface area contributed by atoms with E-state index < -0.39 is 15.9 Å². The summed E-state index contributed by atoms with van der Waals surface area (Å²) in [6, 6.07) is 10.4. The Labute approximate surface area is 176 Å². The molecule has 0 aromatic heterocycles. The Morgan fingerprint density at radius 1 is 1.21 bits per heavy atom. The zero-order valence-corrected chi connectivity index (χ0v) is 18.3. The molecule has 29 heavy (non-hydrogen) atoms. The summed E-state index contributed by atoms with van der Waals surface area (Å²) in [4.78, 5) is 12.9. The molecule has 2 aromatic carbocycles. The SMILES string of the molecule is COc1ccc(C)cc1S(=O)(=O)N1CCCC(C(=O)Nc2cc(Cl)ccc2C)C1. The van der Waals surface area contributed by atoms with E-state index in [9.17, 15) is 13.2 Å². The number of carbonyl (C=O) groups excluding carboxylic acids is 1. The molecule has 1 aliphatic rings. The number of benzene rings is 2. The lowest BCUT2D eigenvalue weighted by Gasteiger charge is -2.31. The lowest BCUT2D eigenvalue weighted by Crippen LogP contribution is -2.43. The van der Waals surface area contributed by atoms with Gasteiger partial charge in [0.05, 0.1) is 13.0 Å². The predicted octanol–water partition coefficient (Wildman–Crippen LogP) is 4.00. The van der Waals surface area contributed by atoms with Crippen LogP contribution in [0, 0.1) is 19.8 Å². The average molecular weight is 437 g/mol. The number of piperidine rings is 1. The van der Waals surface area contributed by atoms with Crippen molar-refractivity contribution in [2.24, 2.45) is 5.92 Å². The third-order valence-corrected chi connectivity index (χ3v) is 7.27. The van der Waals surface area contributed by atoms with Gasteiger partial charge in [-0.05, 0) is 62.1 Å². The molecule has 1 unspecified atom stereocenters. The molecule has 0 bridgehead atoms. The second-order valence-corrected chi connectivity index (χ2v) is 9.65. The maximum Gasteiger partial charge on any atom is 0.246 e. The van der Waals surface area contributed by atoms with Crippen LogP contribution in [-0.2, 0) is 14.8 Å². The van der Waals surface area contributed by atoms with Gasteiger partial charge in [0.25, 0.3) is 0 Å². The Bertz CT molecular complexity index is 1020. The van der Waals surface area contributed by atoms with Crippen LogP contribution in [0.5, 0.6) is 5.75 Å². The molecule has 1 fully saturated rings. The Kier molecular flexibility index (Phi) is 6.51. The number of rotatable bonds is 5. The third kappa shape index (κ3) is 4.74. The van der Waals surface area contributed by atoms with Crippen LogP contribution in [0.15, 0.2) is 41.3 Å². The van der Waals surface area contributed by atoms with E-state index in [4.69, 9.17) is 16.3 Å². The van der Waals surface area contributed by atoms with Gasteiger partial charge in [-0.2, -0.15) is 4.31 Å². The maximum absolute atomic E-state index is 13.2. The van der Waals surface area contributed by atoms with Gasteiger partial charge in [-0.15, -0.1) is 0 Å². The lowest BCUT2D eigenvalue weighted by atomic mass is 9.98. The highest BCUT2D eigenvalue weighted by Crippen LogP contribution is 2.31. The highest BCUT2D eigenvalue weighted by molar-refractivity contribution is 7.89. The maximum atomic E-state index is 13.2. The summed E-state index contributed by atoms with van der Waals surface area (Å²) in [6.45, 7) is 4.22. The zero-order chi connectivity index (χ0) is 21.2. The molecule has 1 atom stereocenters. The minimum absolute atomic E-state index is 0.130. The van der Waals surface area contributed by atoms with E-state index in [-0.39, 0.29) is 17.3 Å². The van der Waals surface area contributed by atoms with E-state index in [1.165, 1.54) is 11.4 Å². The third-order valence-electron chi connectivity index (χ3n) is 5.15. The number of anilines is 1. The van der Waals surface area contributed by atoms with Gasteiger partial charge in [-0.25, -0.2) is 8.42 Å². The van der Waals surface area contributed by atoms with Crippen molar-refractivity contribution in [3.8, 4) is 5.75 Å². The van der Waals surface area contributed by atoms with Crippen LogP contribution < -0.4 is 10.1 Å². The number of amides is 1. The molecule has 1 aliphatic heterocycles. The van der Waals surface area contributed by atoms with Crippen LogP contribution >= 0.6 is 11.6 Å². The highest BCUT2D eigenvalue weighted by Gasteiger charge is 2.35. The molecule has 1 saturated heterocycles. The minimum atomic E-state index is -3.77. The first-order valence-electron chi connectivity index (χ1n) is 9.44. The normalized spacial score (nSPS) is 17.7. The summed E-state index contributed by atoms with van der Waals surface area (Å²) in [5.74, 6) is -0.337. The zero-order valence-electron chi connectivity index (χ0n) is 16.7. The van der Waals surface area contributed by atoms with Crippen LogP contribution in [0.3, 0.4) is 0 Å². The number of aryl methyl sites for hydroxylation is 2. The van der Waals surface area contributed by atoms with Crippen molar-refractivity contribution in [3.05, 3.63) is 52.5 Å². The number of hydrogen-bond acceptors (Lipinski definition) is 4. The van der Waals surface area contributed by atoms with E-state index in [2.05, 4.69) is 5.32 Å². The van der Waals surface area contributed by atoms with Gasteiger partial charge in [0.1, 0.15) is 10.6 Å². The summed E-state index contributed by atoms with van der Waals surface area (Å²) < 4.78 is 33.1. The number of nitrogens with one attached hydrogen (secondary N) is 1. The fraction of sp³-hybridized carbons (Fsp3) is 0.381. The molecule has 0 radical (unpaired) electrons. The van der Waals surface area contributed by atoms with E-state index >= 15 is 0 Å². The molecule has 1 N–H and O–H groups in total. The number of ether oxygens (including phenoxy) is 1. The monoisotopic (exact) mass is 436 g/mol. The fourth-order valence-corrected chi connectivity index (χ4v) is 5.40. The summed E-state index contributed by atoms with van der Waals surface area (Å²) in [5, 5.41) is 3.43. The minimum Gasteiger partial charge on any atom is -0.495 e. The van der Waals surface area contributed by atoms with Gasteiger partial charge in [0.2, 0.25) is 15.9 Å². The first kappa shape index (κ1) is 21.6. The van der Waals surface area contributed by atoms with E-state index in [1.54, 1.807) is 30.3 Å². The van der Waals surface area contributed by atoms with Crippen molar-refractivity contribution in [3.63, 3.8) is 0 Å². The molecule has 156 valence electrons. The average Bonchev–Trinajstić information content (AvgIpc) is 2.70. The van der Waals surface area contributed by atoms with Gasteiger partial charge >= 0.3 is 0 Å². The molecule has 0 aliphatic carbocycles. The molecule has 1 amide bonds. The summed E-state index contributed by atoms with van der Waals surface area (Å²) in [5.41, 5.74) is 2.36. The standard InChI is InChI=1S/C21H25ClN2O4S/c1-14-6-9-19(28-3)20(11-14)29(26,27)24-10-4-5-16(13-24)21(25)23-18-12-17(22)8-7-15(18)2/h6-9,11-12,16H,4-5,10,13H2,1-3H3,(H,23,25). The Hall–Kier alpha value is -2.09. The van der Waals surface area contributed by atoms with Crippen molar-refractivity contribution >= 4 is 33.2 Å². The second-order valence-electron chi connectivity index (χ2n) is 7.31. The Morgan fingerprint density at radius 2 is 1.97 bits per heavy atom. The smallest absolute Gasteiger partial charge is 0.246 e. The number of methoxy groups -OCH3 is 1. The molecular weight excluding hydrogens is 412 g/mol. The van der Waals surface area contributed by atoms with E-state index in [0.717, 1.165) is 11.1 Å². The van der Waals surface area contributed by atoms with E-state index in [1.807, 2.05) is 19.9 Å². The van der Waals surface area contributed by atoms with Crippen LogP contribution in [0.2, 0.25) is 5.02 Å². The van der Waals surface area contributed by atoms with Gasteiger partial charge < -0.3 is 10.1 Å². The second kappa shape index (κ2) is 8.73. The largest absolute Gasteiger partial charge is 0.495 e. The number of nitrogens with zero attached hydrogens (tertiary/aromatic N) is 1. The van der Waals surface area contributed by atoms with Crippen LogP contribution in [0.25, 0.3) is 0 Å². The Balaban J connectivity index is 1.80. The highest BCUT2D eigenvalue weighted by atomic mass is 35.5. The van der Waals surface area contributed by atoms with Gasteiger partial charge in [-0.3, -0.25) is 4.79 Å². The fourth-order valence-electron chi connectivity index (χ4n) is 3.46. The van der Waals surface area contributed by atoms with Crippen molar-refractivity contribution in [1.29, 1.82) is 0 Å². The first-order chi connectivity index (χ1) is 13.7. The summed E-state index contributed by atoms with van der Waals surface area (Å²) >= 11 is 6.03. The number of hydrogen-bond donors (Lipinski definition) is 1. The molecule has 1 heterocycles. The van der Waals surface area contributed by atoms with Gasteiger partial charge in [0, 0.05) is 23.8 Å². The number of halogens is 1. The van der Waals surface area contributed by atoms with Crippen LogP contribution in [0.1, 0.15) is 24.0 Å². The molecule has 2 aromatic rings. The summed E-state index contributed by atoms with van der Waals surface area (Å²) in [7, 11) is -2.33. The quantitative estimate of drug-likeness (QED) is 0.768. The van der Waals surface area contributed by atoms with E-state index in [0.29, 0.717) is 35.8 Å². The van der Waals surface area contributed by atoms with Crippen molar-refractivity contribution in [2.45, 2.75) is 31.6 Å². The van der Waals surface area contributed by atoms with Crippen LogP contribution in [0.4, 0.5) is 5.69 Å². The molecule has 3 rings (SSSR count). The van der Waals surface area contributed by atoms with Crippen LogP contribution in [-0.4, -0.2) is 38.8 Å². The molecule has 8 heteroatoms. The molecule has 0 saturated carbocycles. The lowest BCUT2D eigenvalue weighted by molar-refractivity contribution is -0.120. The van der Waals surface area contributed by atoms with Gasteiger partial charge in [-0.1, -0.05) is 23.7 Å². The molecular formula is C21H25ClN2O4S. The topological polar surface area (TPSA) is 75.7 Å². The number of sulfonamides is 1. The number of carbonyl (C=O) groups is 1. The molecule has 0 spiro atoms. The first-order valence-corrected chi connectivity index (χ1v) is 11.3. The predicted molar refractivity (Wildman–Crippen MR) is 114 cm³/mol. The molecule has 6 nitrogen and oxygen atoms in total. The Morgan fingerprint density at radius 3 is 2.69 bits per heavy atom.